The van der Waals surface area contributed by atoms with E-state index in [-0.39, 0.29) is 5.97 Å². The van der Waals surface area contributed by atoms with Crippen LogP contribution in [0.15, 0.2) is 12.2 Å². The normalized spacial score (nSPS) is 46.9. The molecular formula is C25H40O2. The number of allylic oxidation sites excluding steroid dienone is 2. The van der Waals surface area contributed by atoms with Crippen LogP contribution in [0.3, 0.4) is 0 Å². The third-order valence-corrected chi connectivity index (χ3v) is 9.81. The van der Waals surface area contributed by atoms with Crippen molar-refractivity contribution in [1.29, 1.82) is 0 Å². The van der Waals surface area contributed by atoms with Gasteiger partial charge in [-0.1, -0.05) is 45.8 Å². The molecule has 8 atom stereocenters. The first kappa shape index (κ1) is 19.5. The van der Waals surface area contributed by atoms with E-state index in [0.717, 1.165) is 36.0 Å². The van der Waals surface area contributed by atoms with Crippen molar-refractivity contribution in [2.24, 2.45) is 46.3 Å². The van der Waals surface area contributed by atoms with Crippen LogP contribution in [0.5, 0.6) is 0 Å². The van der Waals surface area contributed by atoms with E-state index < -0.39 is 0 Å². The molecule has 4 aliphatic rings. The summed E-state index contributed by atoms with van der Waals surface area (Å²) in [6.45, 7) is 7.55. The Labute approximate surface area is 166 Å². The number of hydrogen-bond acceptors (Lipinski definition) is 2. The zero-order valence-corrected chi connectivity index (χ0v) is 18.0. The molecule has 0 radical (unpaired) electrons. The summed E-state index contributed by atoms with van der Waals surface area (Å²) in [5.41, 5.74) is 0.905. The zero-order valence-electron chi connectivity index (χ0n) is 18.0. The SMILES string of the molecule is COC(=O)CC[C@H](C)[C@@H]1CC[C@@H]2[C@H]3CC[C@H]4CCCC[C@]4(C)[C@@H]3C=C[C@]21C. The molecule has 2 nitrogen and oxygen atoms in total. The van der Waals surface area contributed by atoms with Gasteiger partial charge in [-0.25, -0.2) is 0 Å². The van der Waals surface area contributed by atoms with Crippen LogP contribution in [-0.4, -0.2) is 13.1 Å². The molecule has 152 valence electrons. The van der Waals surface area contributed by atoms with Gasteiger partial charge in [0.05, 0.1) is 7.11 Å². The molecule has 0 aromatic carbocycles. The van der Waals surface area contributed by atoms with E-state index in [1.165, 1.54) is 58.5 Å². The lowest BCUT2D eigenvalue weighted by Crippen LogP contribution is -2.50. The molecule has 0 bridgehead atoms. The van der Waals surface area contributed by atoms with Crippen LogP contribution in [0.2, 0.25) is 0 Å². The minimum atomic E-state index is -0.0515. The van der Waals surface area contributed by atoms with Crippen molar-refractivity contribution in [3.63, 3.8) is 0 Å². The summed E-state index contributed by atoms with van der Waals surface area (Å²) in [6, 6.07) is 0. The van der Waals surface area contributed by atoms with Gasteiger partial charge < -0.3 is 4.74 Å². The van der Waals surface area contributed by atoms with Crippen molar-refractivity contribution in [2.45, 2.75) is 85.0 Å². The fourth-order valence-electron chi connectivity index (χ4n) is 8.26. The summed E-state index contributed by atoms with van der Waals surface area (Å²) in [4.78, 5) is 11.6. The van der Waals surface area contributed by atoms with Crippen LogP contribution >= 0.6 is 0 Å². The quantitative estimate of drug-likeness (QED) is 0.421. The van der Waals surface area contributed by atoms with Gasteiger partial charge in [-0.3, -0.25) is 4.79 Å². The molecule has 0 amide bonds. The van der Waals surface area contributed by atoms with Crippen LogP contribution < -0.4 is 0 Å². The first-order valence-electron chi connectivity index (χ1n) is 11.7. The van der Waals surface area contributed by atoms with E-state index in [1.807, 2.05) is 0 Å². The first-order valence-corrected chi connectivity index (χ1v) is 11.7. The van der Waals surface area contributed by atoms with Crippen molar-refractivity contribution in [3.05, 3.63) is 12.2 Å². The third-order valence-electron chi connectivity index (χ3n) is 9.81. The summed E-state index contributed by atoms with van der Waals surface area (Å²) in [5.74, 6) is 4.82. The number of esters is 1. The van der Waals surface area contributed by atoms with Crippen molar-refractivity contribution in [1.82, 2.24) is 0 Å². The molecule has 2 heteroatoms. The van der Waals surface area contributed by atoms with Crippen LogP contribution in [-0.2, 0) is 9.53 Å². The Bertz CT molecular complexity index is 595. The predicted octanol–water partition coefficient (Wildman–Crippen LogP) is 6.40. The second-order valence-corrected chi connectivity index (χ2v) is 10.8. The summed E-state index contributed by atoms with van der Waals surface area (Å²) in [5, 5.41) is 0. The Hall–Kier alpha value is -0.790. The van der Waals surface area contributed by atoms with E-state index in [4.69, 9.17) is 4.74 Å². The highest BCUT2D eigenvalue weighted by Crippen LogP contribution is 2.66. The highest BCUT2D eigenvalue weighted by molar-refractivity contribution is 5.69. The molecule has 4 rings (SSSR count). The largest absolute Gasteiger partial charge is 0.469 e. The van der Waals surface area contributed by atoms with Gasteiger partial charge in [0.15, 0.2) is 0 Å². The molecule has 0 spiro atoms. The van der Waals surface area contributed by atoms with Gasteiger partial charge in [-0.15, -0.1) is 0 Å². The third kappa shape index (κ3) is 3.10. The smallest absolute Gasteiger partial charge is 0.305 e. The minimum Gasteiger partial charge on any atom is -0.469 e. The maximum Gasteiger partial charge on any atom is 0.305 e. The lowest BCUT2D eigenvalue weighted by molar-refractivity contribution is -0.141. The Balaban J connectivity index is 1.54. The number of methoxy groups -OCH3 is 1. The van der Waals surface area contributed by atoms with Gasteiger partial charge in [-0.05, 0) is 91.3 Å². The van der Waals surface area contributed by atoms with E-state index in [1.54, 1.807) is 0 Å². The maximum atomic E-state index is 11.6. The highest BCUT2D eigenvalue weighted by Gasteiger charge is 2.58. The van der Waals surface area contributed by atoms with Crippen molar-refractivity contribution in [2.75, 3.05) is 7.11 Å². The van der Waals surface area contributed by atoms with Crippen LogP contribution in [0.1, 0.15) is 85.0 Å². The average Bonchev–Trinajstić information content (AvgIpc) is 3.02. The summed E-state index contributed by atoms with van der Waals surface area (Å²) < 4.78 is 4.87. The average molecular weight is 373 g/mol. The number of hydrogen-bond donors (Lipinski definition) is 0. The van der Waals surface area contributed by atoms with E-state index >= 15 is 0 Å². The molecule has 3 fully saturated rings. The minimum absolute atomic E-state index is 0.0515. The fraction of sp³-hybridized carbons (Fsp3) is 0.880. The van der Waals surface area contributed by atoms with Gasteiger partial charge in [0.25, 0.3) is 0 Å². The van der Waals surface area contributed by atoms with E-state index in [9.17, 15) is 4.79 Å². The number of fused-ring (bicyclic) bond motifs is 5. The van der Waals surface area contributed by atoms with Crippen LogP contribution in [0, 0.1) is 46.3 Å². The number of ether oxygens (including phenoxy) is 1. The molecule has 0 aliphatic heterocycles. The summed E-state index contributed by atoms with van der Waals surface area (Å²) in [6.07, 6.45) is 18.4. The number of rotatable bonds is 4. The lowest BCUT2D eigenvalue weighted by atomic mass is 9.46. The predicted molar refractivity (Wildman–Crippen MR) is 110 cm³/mol. The molecule has 27 heavy (non-hydrogen) atoms. The van der Waals surface area contributed by atoms with Crippen molar-refractivity contribution >= 4 is 5.97 Å². The second-order valence-electron chi connectivity index (χ2n) is 10.8. The molecule has 0 aromatic heterocycles. The summed E-state index contributed by atoms with van der Waals surface area (Å²) in [7, 11) is 1.51. The molecule has 3 saturated carbocycles. The highest BCUT2D eigenvalue weighted by atomic mass is 16.5. The monoisotopic (exact) mass is 372 g/mol. The van der Waals surface area contributed by atoms with Gasteiger partial charge >= 0.3 is 5.97 Å². The second kappa shape index (κ2) is 7.23. The molecule has 0 N–H and O–H groups in total. The fourth-order valence-corrected chi connectivity index (χ4v) is 8.26. The maximum absolute atomic E-state index is 11.6. The Morgan fingerprint density at radius 1 is 1.15 bits per heavy atom. The Kier molecular flexibility index (Phi) is 5.23. The molecule has 0 heterocycles. The van der Waals surface area contributed by atoms with Gasteiger partial charge in [-0.2, -0.15) is 0 Å². The number of carbonyl (C=O) groups excluding carboxylic acids is 1. The Morgan fingerprint density at radius 3 is 2.74 bits per heavy atom. The van der Waals surface area contributed by atoms with Crippen molar-refractivity contribution < 1.29 is 9.53 Å². The van der Waals surface area contributed by atoms with Crippen molar-refractivity contribution in [3.8, 4) is 0 Å². The number of carbonyl (C=O) groups is 1. The van der Waals surface area contributed by atoms with Crippen LogP contribution in [0.25, 0.3) is 0 Å². The summed E-state index contributed by atoms with van der Waals surface area (Å²) >= 11 is 0. The van der Waals surface area contributed by atoms with Gasteiger partial charge in [0.1, 0.15) is 0 Å². The lowest BCUT2D eigenvalue weighted by Gasteiger charge is -2.58. The molecule has 0 unspecified atom stereocenters. The molecular weight excluding hydrogens is 332 g/mol. The van der Waals surface area contributed by atoms with Gasteiger partial charge in [0.2, 0.25) is 0 Å². The molecule has 0 saturated heterocycles. The Morgan fingerprint density at radius 2 is 1.96 bits per heavy atom. The molecule has 4 aliphatic carbocycles. The van der Waals surface area contributed by atoms with Gasteiger partial charge in [0, 0.05) is 6.42 Å². The zero-order chi connectivity index (χ0) is 19.2. The first-order chi connectivity index (χ1) is 12.9. The standard InChI is InChI=1S/C25H40O2/c1-17(8-13-23(26)27-4)20-11-12-21-19-10-9-18-7-5-6-15-24(18,2)22(19)14-16-25(20,21)3/h14,16-22H,5-13,15H2,1-4H3/t17-,18+,19+,20-,21+,22+,24-,25-/m0/s1. The molecule has 0 aromatic rings. The topological polar surface area (TPSA) is 26.3 Å². The van der Waals surface area contributed by atoms with E-state index in [0.29, 0.717) is 23.2 Å². The van der Waals surface area contributed by atoms with Crippen LogP contribution in [0.4, 0.5) is 0 Å². The van der Waals surface area contributed by atoms with E-state index in [2.05, 4.69) is 32.9 Å².